The number of rotatable bonds is 3. The number of imidazole rings is 1. The van der Waals surface area contributed by atoms with Gasteiger partial charge in [-0.15, -0.1) is 0 Å². The highest BCUT2D eigenvalue weighted by molar-refractivity contribution is 6.42. The minimum absolute atomic E-state index is 0.168. The molecule has 0 saturated heterocycles. The molecular weight excluding hydrogens is 235 g/mol. The molecule has 2 aromatic rings. The summed E-state index contributed by atoms with van der Waals surface area (Å²) in [5, 5.41) is 9.79. The van der Waals surface area contributed by atoms with Crippen LogP contribution in [-0.4, -0.2) is 21.3 Å². The van der Waals surface area contributed by atoms with E-state index in [1.54, 1.807) is 18.5 Å². The zero-order chi connectivity index (χ0) is 10.8. The average Bonchev–Trinajstić information content (AvgIpc) is 2.59. The first-order chi connectivity index (χ1) is 7.22. The Morgan fingerprint density at radius 3 is 2.73 bits per heavy atom. The summed E-state index contributed by atoms with van der Waals surface area (Å²) in [5.74, 6) is 0. The van der Waals surface area contributed by atoms with E-state index < -0.39 is 0 Å². The normalized spacial score (nSPS) is 11.1. The third kappa shape index (κ3) is 2.09. The number of benzene rings is 1. The lowest BCUT2D eigenvalue weighted by molar-refractivity contribution is 0.280. The van der Waals surface area contributed by atoms with E-state index in [1.807, 2.05) is 4.57 Å². The fourth-order valence-electron chi connectivity index (χ4n) is 1.47. The maximum absolute atomic E-state index is 8.75. The summed E-state index contributed by atoms with van der Waals surface area (Å²) in [7, 11) is 0. The molecular formula is C10H10Cl2N2O. The van der Waals surface area contributed by atoms with Crippen molar-refractivity contribution in [3.63, 3.8) is 0 Å². The van der Waals surface area contributed by atoms with Crippen LogP contribution in [0.3, 0.4) is 0 Å². The molecule has 0 aliphatic heterocycles. The quantitative estimate of drug-likeness (QED) is 0.902. The Morgan fingerprint density at radius 2 is 2.00 bits per heavy atom. The maximum Gasteiger partial charge on any atom is 0.0958 e. The third-order valence-corrected chi connectivity index (χ3v) is 2.94. The average molecular weight is 245 g/mol. The van der Waals surface area contributed by atoms with Gasteiger partial charge >= 0.3 is 0 Å². The number of halogens is 2. The van der Waals surface area contributed by atoms with E-state index >= 15 is 0 Å². The molecule has 1 aromatic carbocycles. The Kier molecular flexibility index (Phi) is 3.14. The lowest BCUT2D eigenvalue weighted by atomic mass is 10.3. The minimum atomic E-state index is 0.168. The monoisotopic (exact) mass is 244 g/mol. The molecule has 80 valence electrons. The van der Waals surface area contributed by atoms with Gasteiger partial charge in [0.25, 0.3) is 0 Å². The van der Waals surface area contributed by atoms with E-state index in [9.17, 15) is 0 Å². The molecule has 15 heavy (non-hydrogen) atoms. The molecule has 1 heterocycles. The Balaban J connectivity index is 2.45. The van der Waals surface area contributed by atoms with Crippen LogP contribution < -0.4 is 0 Å². The predicted octanol–water partition coefficient (Wildman–Crippen LogP) is 2.73. The lowest BCUT2D eigenvalue weighted by Gasteiger charge is -2.03. The summed E-state index contributed by atoms with van der Waals surface area (Å²) in [6, 6.07) is 3.54. The summed E-state index contributed by atoms with van der Waals surface area (Å²) in [6.07, 6.45) is 2.43. The molecule has 0 spiro atoms. The predicted molar refractivity (Wildman–Crippen MR) is 61.5 cm³/mol. The van der Waals surface area contributed by atoms with Crippen LogP contribution in [0.2, 0.25) is 10.0 Å². The van der Waals surface area contributed by atoms with Crippen molar-refractivity contribution in [3.05, 3.63) is 28.5 Å². The van der Waals surface area contributed by atoms with Gasteiger partial charge in [-0.1, -0.05) is 23.2 Å². The van der Waals surface area contributed by atoms with Crippen molar-refractivity contribution in [2.24, 2.45) is 0 Å². The lowest BCUT2D eigenvalue weighted by Crippen LogP contribution is -1.98. The van der Waals surface area contributed by atoms with Crippen LogP contribution >= 0.6 is 23.2 Å². The highest BCUT2D eigenvalue weighted by Crippen LogP contribution is 2.27. The van der Waals surface area contributed by atoms with Crippen LogP contribution in [0.1, 0.15) is 6.42 Å². The van der Waals surface area contributed by atoms with Gasteiger partial charge in [0.1, 0.15) is 0 Å². The van der Waals surface area contributed by atoms with Crippen LogP contribution in [0.5, 0.6) is 0 Å². The van der Waals surface area contributed by atoms with Crippen molar-refractivity contribution in [2.45, 2.75) is 13.0 Å². The van der Waals surface area contributed by atoms with Crippen molar-refractivity contribution < 1.29 is 5.11 Å². The molecule has 0 atom stereocenters. The molecule has 0 fully saturated rings. The van der Waals surface area contributed by atoms with Gasteiger partial charge in [0, 0.05) is 13.2 Å². The fraction of sp³-hybridized carbons (Fsp3) is 0.300. The SMILES string of the molecule is OCCCn1cnc2cc(Cl)c(Cl)cc21. The van der Waals surface area contributed by atoms with Gasteiger partial charge in [-0.2, -0.15) is 0 Å². The molecule has 1 N–H and O–H groups in total. The number of aliphatic hydroxyl groups is 1. The Morgan fingerprint density at radius 1 is 1.27 bits per heavy atom. The fourth-order valence-corrected chi connectivity index (χ4v) is 1.79. The molecule has 0 saturated carbocycles. The van der Waals surface area contributed by atoms with Gasteiger partial charge in [-0.25, -0.2) is 4.98 Å². The maximum atomic E-state index is 8.75. The summed E-state index contributed by atoms with van der Waals surface area (Å²) in [6.45, 7) is 0.895. The number of aliphatic hydroxyl groups excluding tert-OH is 1. The molecule has 0 bridgehead atoms. The molecule has 3 nitrogen and oxygen atoms in total. The van der Waals surface area contributed by atoms with Crippen LogP contribution in [0.15, 0.2) is 18.5 Å². The molecule has 0 aliphatic rings. The Labute approximate surface area is 97.2 Å². The van der Waals surface area contributed by atoms with Gasteiger partial charge in [0.15, 0.2) is 0 Å². The zero-order valence-corrected chi connectivity index (χ0v) is 9.46. The van der Waals surface area contributed by atoms with Crippen molar-refractivity contribution in [1.82, 2.24) is 9.55 Å². The largest absolute Gasteiger partial charge is 0.396 e. The number of hydrogen-bond acceptors (Lipinski definition) is 2. The molecule has 5 heteroatoms. The highest BCUT2D eigenvalue weighted by Gasteiger charge is 2.06. The second-order valence-corrected chi connectivity index (χ2v) is 4.08. The second-order valence-electron chi connectivity index (χ2n) is 3.27. The Hall–Kier alpha value is -0.770. The van der Waals surface area contributed by atoms with Crippen molar-refractivity contribution in [1.29, 1.82) is 0 Å². The summed E-state index contributed by atoms with van der Waals surface area (Å²) in [4.78, 5) is 4.21. The number of aryl methyl sites for hydroxylation is 1. The van der Waals surface area contributed by atoms with Gasteiger partial charge in [-0.3, -0.25) is 0 Å². The molecule has 0 radical (unpaired) electrons. The summed E-state index contributed by atoms with van der Waals surface area (Å²) >= 11 is 11.8. The second kappa shape index (κ2) is 4.39. The molecule has 0 aliphatic carbocycles. The van der Waals surface area contributed by atoms with E-state index in [2.05, 4.69) is 4.98 Å². The topological polar surface area (TPSA) is 38.0 Å². The first-order valence-electron chi connectivity index (χ1n) is 4.63. The van der Waals surface area contributed by atoms with E-state index in [0.717, 1.165) is 17.6 Å². The van der Waals surface area contributed by atoms with E-state index in [4.69, 9.17) is 28.3 Å². The van der Waals surface area contributed by atoms with Gasteiger partial charge in [0.2, 0.25) is 0 Å². The number of hydrogen-bond donors (Lipinski definition) is 1. The smallest absolute Gasteiger partial charge is 0.0958 e. The highest BCUT2D eigenvalue weighted by atomic mass is 35.5. The van der Waals surface area contributed by atoms with Crippen LogP contribution in [0.25, 0.3) is 11.0 Å². The van der Waals surface area contributed by atoms with Crippen LogP contribution in [-0.2, 0) is 6.54 Å². The van der Waals surface area contributed by atoms with Crippen LogP contribution in [0.4, 0.5) is 0 Å². The number of fused-ring (bicyclic) bond motifs is 1. The van der Waals surface area contributed by atoms with E-state index in [-0.39, 0.29) is 6.61 Å². The Bertz CT molecular complexity index is 481. The van der Waals surface area contributed by atoms with Crippen molar-refractivity contribution in [2.75, 3.05) is 6.61 Å². The summed E-state index contributed by atoms with van der Waals surface area (Å²) < 4.78 is 1.95. The molecule has 0 unspecified atom stereocenters. The van der Waals surface area contributed by atoms with E-state index in [1.165, 1.54) is 0 Å². The molecule has 1 aromatic heterocycles. The van der Waals surface area contributed by atoms with E-state index in [0.29, 0.717) is 16.5 Å². The molecule has 2 rings (SSSR count). The van der Waals surface area contributed by atoms with Gasteiger partial charge in [0.05, 0.1) is 27.4 Å². The number of nitrogens with zero attached hydrogens (tertiary/aromatic N) is 2. The van der Waals surface area contributed by atoms with Gasteiger partial charge in [-0.05, 0) is 18.6 Å². The minimum Gasteiger partial charge on any atom is -0.396 e. The first kappa shape index (κ1) is 10.7. The van der Waals surface area contributed by atoms with Crippen molar-refractivity contribution >= 4 is 34.2 Å². The first-order valence-corrected chi connectivity index (χ1v) is 5.38. The summed E-state index contributed by atoms with van der Waals surface area (Å²) in [5.41, 5.74) is 1.76. The van der Waals surface area contributed by atoms with Gasteiger partial charge < -0.3 is 9.67 Å². The standard InChI is InChI=1S/C10H10Cl2N2O/c11-7-4-9-10(5-8(7)12)14(6-13-9)2-1-3-15/h4-6,15H,1-3H2. The number of aromatic nitrogens is 2. The molecule has 0 amide bonds. The van der Waals surface area contributed by atoms with Crippen molar-refractivity contribution in [3.8, 4) is 0 Å². The zero-order valence-electron chi connectivity index (χ0n) is 7.95. The third-order valence-electron chi connectivity index (χ3n) is 2.22. The van der Waals surface area contributed by atoms with Crippen LogP contribution in [0, 0.1) is 0 Å².